The van der Waals surface area contributed by atoms with Gasteiger partial charge in [0.15, 0.2) is 6.10 Å². The summed E-state index contributed by atoms with van der Waals surface area (Å²) in [5, 5.41) is 11.7. The van der Waals surface area contributed by atoms with Gasteiger partial charge in [0.25, 0.3) is 0 Å². The van der Waals surface area contributed by atoms with Crippen molar-refractivity contribution in [3.63, 3.8) is 0 Å². The van der Waals surface area contributed by atoms with Crippen molar-refractivity contribution < 1.29 is 19.4 Å². The zero-order valence-electron chi connectivity index (χ0n) is 11.5. The van der Waals surface area contributed by atoms with Crippen molar-refractivity contribution >= 4 is 23.6 Å². The van der Waals surface area contributed by atoms with E-state index in [2.05, 4.69) is 5.32 Å². The number of carboxylic acids is 1. The van der Waals surface area contributed by atoms with E-state index >= 15 is 0 Å². The number of carbonyl (C=O) groups excluding carboxylic acids is 1. The molecule has 0 radical (unpaired) electrons. The molecular formula is C15H17NO4S. The summed E-state index contributed by atoms with van der Waals surface area (Å²) in [4.78, 5) is 24.2. The molecule has 3 atom stereocenters. The first-order valence-electron chi connectivity index (χ1n) is 7.04. The number of amides is 1. The van der Waals surface area contributed by atoms with Gasteiger partial charge in [0.2, 0.25) is 5.91 Å². The van der Waals surface area contributed by atoms with Gasteiger partial charge in [-0.15, -0.1) is 11.8 Å². The van der Waals surface area contributed by atoms with Crippen LogP contribution in [0.15, 0.2) is 29.2 Å². The summed E-state index contributed by atoms with van der Waals surface area (Å²) in [5.74, 6) is -0.927. The number of fused-ring (bicyclic) bond motifs is 1. The van der Waals surface area contributed by atoms with E-state index in [0.29, 0.717) is 19.4 Å². The first-order chi connectivity index (χ1) is 10.1. The van der Waals surface area contributed by atoms with Gasteiger partial charge in [0.05, 0.1) is 11.4 Å². The molecule has 1 aromatic rings. The van der Waals surface area contributed by atoms with Crippen molar-refractivity contribution in [2.45, 2.75) is 41.6 Å². The number of carbonyl (C=O) groups is 2. The lowest BCUT2D eigenvalue weighted by atomic mass is 10.1. The Balaban J connectivity index is 1.47. The van der Waals surface area contributed by atoms with Crippen LogP contribution < -0.4 is 5.32 Å². The Morgan fingerprint density at radius 3 is 2.86 bits per heavy atom. The number of thioether (sulfide) groups is 1. The Morgan fingerprint density at radius 1 is 1.33 bits per heavy atom. The molecule has 2 aliphatic rings. The summed E-state index contributed by atoms with van der Waals surface area (Å²) in [7, 11) is 0. The van der Waals surface area contributed by atoms with Gasteiger partial charge in [-0.3, -0.25) is 4.79 Å². The monoisotopic (exact) mass is 307 g/mol. The first kappa shape index (κ1) is 14.4. The maximum Gasteiger partial charge on any atom is 0.332 e. The third-order valence-electron chi connectivity index (χ3n) is 3.83. The van der Waals surface area contributed by atoms with Gasteiger partial charge in [-0.05, 0) is 30.9 Å². The van der Waals surface area contributed by atoms with E-state index in [1.54, 1.807) is 11.8 Å². The molecule has 0 bridgehead atoms. The second kappa shape index (κ2) is 6.07. The van der Waals surface area contributed by atoms with E-state index in [1.165, 1.54) is 10.5 Å². The highest BCUT2D eigenvalue weighted by Gasteiger charge is 2.32. The van der Waals surface area contributed by atoms with Crippen LogP contribution in [0.5, 0.6) is 0 Å². The molecule has 0 saturated carbocycles. The Bertz CT molecular complexity index is 537. The zero-order chi connectivity index (χ0) is 14.8. The molecule has 5 nitrogen and oxygen atoms in total. The van der Waals surface area contributed by atoms with Gasteiger partial charge >= 0.3 is 5.97 Å². The lowest BCUT2D eigenvalue weighted by Gasteiger charge is -2.14. The number of benzene rings is 1. The lowest BCUT2D eigenvalue weighted by Crippen LogP contribution is -2.38. The van der Waals surface area contributed by atoms with Gasteiger partial charge in [-0.2, -0.15) is 0 Å². The molecule has 3 rings (SSSR count). The number of nitrogens with one attached hydrogen (secondary N) is 1. The quantitative estimate of drug-likeness (QED) is 0.880. The minimum Gasteiger partial charge on any atom is -0.479 e. The fraction of sp³-hybridized carbons (Fsp3) is 0.467. The molecule has 1 aromatic carbocycles. The molecule has 21 heavy (non-hydrogen) atoms. The SMILES string of the molecule is O=C(O)C1CCC(CNC(=O)C2Cc3ccccc3S2)O1. The van der Waals surface area contributed by atoms with Crippen LogP contribution >= 0.6 is 11.8 Å². The Morgan fingerprint density at radius 2 is 2.14 bits per heavy atom. The zero-order valence-corrected chi connectivity index (χ0v) is 12.3. The summed E-state index contributed by atoms with van der Waals surface area (Å²) in [6.45, 7) is 0.385. The highest BCUT2D eigenvalue weighted by atomic mass is 32.2. The molecule has 2 aliphatic heterocycles. The maximum absolute atomic E-state index is 12.2. The van der Waals surface area contributed by atoms with E-state index in [0.717, 1.165) is 6.42 Å². The average Bonchev–Trinajstić information content (AvgIpc) is 3.11. The molecule has 0 spiro atoms. The number of aliphatic carboxylic acids is 1. The Hall–Kier alpha value is -1.53. The minimum absolute atomic E-state index is 0.00132. The molecule has 0 aromatic heterocycles. The molecule has 3 unspecified atom stereocenters. The number of ether oxygens (including phenoxy) is 1. The molecule has 0 aliphatic carbocycles. The Labute approximate surface area is 127 Å². The van der Waals surface area contributed by atoms with Crippen molar-refractivity contribution in [1.29, 1.82) is 0 Å². The van der Waals surface area contributed by atoms with Gasteiger partial charge < -0.3 is 15.2 Å². The highest BCUT2D eigenvalue weighted by molar-refractivity contribution is 8.01. The third kappa shape index (κ3) is 3.22. The summed E-state index contributed by atoms with van der Waals surface area (Å²) < 4.78 is 5.38. The van der Waals surface area contributed by atoms with E-state index in [4.69, 9.17) is 9.84 Å². The fourth-order valence-electron chi connectivity index (χ4n) is 2.69. The summed E-state index contributed by atoms with van der Waals surface area (Å²) in [5.41, 5.74) is 1.21. The smallest absolute Gasteiger partial charge is 0.332 e. The van der Waals surface area contributed by atoms with E-state index in [1.807, 2.05) is 24.3 Å². The molecule has 2 heterocycles. The van der Waals surface area contributed by atoms with Gasteiger partial charge in [-0.25, -0.2) is 4.79 Å². The first-order valence-corrected chi connectivity index (χ1v) is 7.92. The van der Waals surface area contributed by atoms with Crippen LogP contribution in [0.1, 0.15) is 18.4 Å². The van der Waals surface area contributed by atoms with E-state index < -0.39 is 12.1 Å². The van der Waals surface area contributed by atoms with Crippen LogP contribution in [0.3, 0.4) is 0 Å². The predicted octanol–water partition coefficient (Wildman–Crippen LogP) is 1.45. The van der Waals surface area contributed by atoms with Crippen LogP contribution in [0.4, 0.5) is 0 Å². The van der Waals surface area contributed by atoms with Crippen LogP contribution in [0, 0.1) is 0 Å². The predicted molar refractivity (Wildman–Crippen MR) is 78.3 cm³/mol. The molecule has 112 valence electrons. The second-order valence-electron chi connectivity index (χ2n) is 5.33. The summed E-state index contributed by atoms with van der Waals surface area (Å²) in [6.07, 6.45) is 1.02. The number of rotatable bonds is 4. The van der Waals surface area contributed by atoms with Gasteiger partial charge in [0.1, 0.15) is 0 Å². The fourth-order valence-corrected chi connectivity index (χ4v) is 3.91. The van der Waals surface area contributed by atoms with Gasteiger partial charge in [-0.1, -0.05) is 18.2 Å². The van der Waals surface area contributed by atoms with Crippen LogP contribution in [-0.2, 0) is 20.7 Å². The number of hydrogen-bond donors (Lipinski definition) is 2. The molecule has 1 amide bonds. The average molecular weight is 307 g/mol. The van der Waals surface area contributed by atoms with Crippen molar-refractivity contribution in [2.75, 3.05) is 6.54 Å². The van der Waals surface area contributed by atoms with Crippen LogP contribution in [0.25, 0.3) is 0 Å². The van der Waals surface area contributed by atoms with Crippen molar-refractivity contribution in [3.05, 3.63) is 29.8 Å². The van der Waals surface area contributed by atoms with E-state index in [-0.39, 0.29) is 17.3 Å². The third-order valence-corrected chi connectivity index (χ3v) is 5.14. The summed E-state index contributed by atoms with van der Waals surface area (Å²) in [6, 6.07) is 8.04. The van der Waals surface area contributed by atoms with Gasteiger partial charge in [0, 0.05) is 11.4 Å². The maximum atomic E-state index is 12.2. The van der Waals surface area contributed by atoms with Crippen LogP contribution in [0.2, 0.25) is 0 Å². The Kier molecular flexibility index (Phi) is 4.17. The van der Waals surface area contributed by atoms with Crippen molar-refractivity contribution in [2.24, 2.45) is 0 Å². The normalized spacial score (nSPS) is 27.3. The second-order valence-corrected chi connectivity index (χ2v) is 6.57. The van der Waals surface area contributed by atoms with Crippen molar-refractivity contribution in [1.82, 2.24) is 5.32 Å². The largest absolute Gasteiger partial charge is 0.479 e. The molecular weight excluding hydrogens is 290 g/mol. The molecule has 2 N–H and O–H groups in total. The number of hydrogen-bond acceptors (Lipinski definition) is 4. The summed E-state index contributed by atoms with van der Waals surface area (Å²) >= 11 is 1.59. The van der Waals surface area contributed by atoms with Crippen LogP contribution in [-0.4, -0.2) is 41.0 Å². The standard InChI is InChI=1S/C15H17NO4S/c17-14(13-7-9-3-1-2-4-12(9)21-13)16-8-10-5-6-11(20-10)15(18)19/h1-4,10-11,13H,5-8H2,(H,16,17)(H,18,19). The molecule has 1 fully saturated rings. The topological polar surface area (TPSA) is 75.6 Å². The highest BCUT2D eigenvalue weighted by Crippen LogP contribution is 2.36. The molecule has 6 heteroatoms. The van der Waals surface area contributed by atoms with E-state index in [9.17, 15) is 9.59 Å². The minimum atomic E-state index is -0.925. The van der Waals surface area contributed by atoms with Crippen molar-refractivity contribution in [3.8, 4) is 0 Å². The lowest BCUT2D eigenvalue weighted by molar-refractivity contribution is -0.149. The number of carboxylic acid groups (broad SMARTS) is 1. The molecule has 1 saturated heterocycles.